The van der Waals surface area contributed by atoms with E-state index in [2.05, 4.69) is 54.8 Å². The predicted octanol–water partition coefficient (Wildman–Crippen LogP) is 6.83. The summed E-state index contributed by atoms with van der Waals surface area (Å²) in [6.07, 6.45) is 8.58. The van der Waals surface area contributed by atoms with E-state index in [0.29, 0.717) is 5.57 Å². The summed E-state index contributed by atoms with van der Waals surface area (Å²) in [5.41, 5.74) is 7.89. The van der Waals surface area contributed by atoms with E-state index in [9.17, 15) is 4.79 Å². The van der Waals surface area contributed by atoms with E-state index in [0.717, 1.165) is 64.4 Å². The summed E-state index contributed by atoms with van der Waals surface area (Å²) in [7, 11) is 3.37. The molecular weight excluding hydrogens is 436 g/mol. The highest BCUT2D eigenvalue weighted by molar-refractivity contribution is 5.98. The van der Waals surface area contributed by atoms with Crippen molar-refractivity contribution in [3.05, 3.63) is 58.2 Å². The Kier molecular flexibility index (Phi) is 9.02. The smallest absolute Gasteiger partial charge is 0.247 e. The largest absolute Gasteiger partial charge is 0.496 e. The monoisotopic (exact) mass is 476 g/mol. The first-order valence-corrected chi connectivity index (χ1v) is 12.5. The molecule has 0 radical (unpaired) electrons. The van der Waals surface area contributed by atoms with Crippen LogP contribution < -0.4 is 20.1 Å². The van der Waals surface area contributed by atoms with Gasteiger partial charge in [-0.2, -0.15) is 0 Å². The maximum absolute atomic E-state index is 12.8. The van der Waals surface area contributed by atoms with E-state index in [1.54, 1.807) is 14.2 Å². The minimum atomic E-state index is -0.0183. The second-order valence-electron chi connectivity index (χ2n) is 9.63. The molecule has 2 N–H and O–H groups in total. The van der Waals surface area contributed by atoms with Gasteiger partial charge in [0, 0.05) is 46.1 Å². The molecule has 0 aromatic heterocycles. The molecular formula is C30H40N2O3. The number of anilines is 1. The molecule has 35 heavy (non-hydrogen) atoms. The van der Waals surface area contributed by atoms with Crippen LogP contribution in [-0.4, -0.2) is 32.7 Å². The summed E-state index contributed by atoms with van der Waals surface area (Å²) in [4.78, 5) is 12.8. The summed E-state index contributed by atoms with van der Waals surface area (Å²) in [5, 5.41) is 6.59. The van der Waals surface area contributed by atoms with Crippen molar-refractivity contribution in [2.45, 2.75) is 66.3 Å². The topological polar surface area (TPSA) is 59.6 Å². The molecule has 3 rings (SSSR count). The number of methoxy groups -OCH3 is 2. The number of carbonyl (C=O) groups is 1. The van der Waals surface area contributed by atoms with Gasteiger partial charge in [0.15, 0.2) is 0 Å². The molecule has 1 aliphatic rings. The Morgan fingerprint density at radius 1 is 0.971 bits per heavy atom. The lowest BCUT2D eigenvalue weighted by atomic mass is 9.91. The van der Waals surface area contributed by atoms with Gasteiger partial charge in [-0.15, -0.1) is 0 Å². The summed E-state index contributed by atoms with van der Waals surface area (Å²) in [5.74, 6) is 1.54. The van der Waals surface area contributed by atoms with Gasteiger partial charge in [0.05, 0.1) is 14.2 Å². The highest BCUT2D eigenvalue weighted by atomic mass is 16.5. The standard InChI is InChI=1S/C30H40N2O3/c1-19(2)16-17-31-24-14-12-23(13-15-24)27-22(5)28(34-6)26(21(4)29(27)35-7)18-20(3)30(33)32-25-10-8-9-11-25/h12-16,18,25,31H,8-11,17H2,1-7H3,(H,32,33). The Morgan fingerprint density at radius 3 is 2.17 bits per heavy atom. The zero-order valence-electron chi connectivity index (χ0n) is 22.3. The van der Waals surface area contributed by atoms with Crippen LogP contribution in [0.25, 0.3) is 17.2 Å². The van der Waals surface area contributed by atoms with Crippen LogP contribution in [0.4, 0.5) is 5.69 Å². The molecule has 0 atom stereocenters. The van der Waals surface area contributed by atoms with Crippen LogP contribution in [0.5, 0.6) is 11.5 Å². The third kappa shape index (κ3) is 6.27. The second-order valence-corrected chi connectivity index (χ2v) is 9.63. The van der Waals surface area contributed by atoms with Crippen LogP contribution >= 0.6 is 0 Å². The van der Waals surface area contributed by atoms with Crippen molar-refractivity contribution in [2.24, 2.45) is 0 Å². The molecule has 2 aromatic rings. The van der Waals surface area contributed by atoms with Gasteiger partial charge >= 0.3 is 0 Å². The van der Waals surface area contributed by atoms with Gasteiger partial charge in [-0.05, 0) is 71.2 Å². The van der Waals surface area contributed by atoms with Crippen molar-refractivity contribution in [3.63, 3.8) is 0 Å². The Balaban J connectivity index is 1.97. The first-order chi connectivity index (χ1) is 16.8. The second kappa shape index (κ2) is 12.0. The van der Waals surface area contributed by atoms with Crippen LogP contribution in [0.15, 0.2) is 41.5 Å². The van der Waals surface area contributed by atoms with Crippen LogP contribution in [0.3, 0.4) is 0 Å². The SMILES string of the molecule is COc1c(C)c(-c2ccc(NCC=C(C)C)cc2)c(OC)c(C)c1C=C(C)C(=O)NC1CCCC1. The van der Waals surface area contributed by atoms with Gasteiger partial charge in [0.2, 0.25) is 5.91 Å². The molecule has 1 amide bonds. The van der Waals surface area contributed by atoms with Crippen LogP contribution in [0.1, 0.15) is 63.1 Å². The molecule has 1 saturated carbocycles. The maximum atomic E-state index is 12.8. The number of nitrogens with one attached hydrogen (secondary N) is 2. The number of amides is 1. The number of benzene rings is 2. The average Bonchev–Trinajstić information content (AvgIpc) is 3.34. The number of carbonyl (C=O) groups excluding carboxylic acids is 1. The Morgan fingerprint density at radius 2 is 1.60 bits per heavy atom. The molecule has 0 spiro atoms. The van der Waals surface area contributed by atoms with Gasteiger partial charge < -0.3 is 20.1 Å². The molecule has 0 bridgehead atoms. The maximum Gasteiger partial charge on any atom is 0.247 e. The fourth-order valence-corrected chi connectivity index (χ4v) is 4.78. The lowest BCUT2D eigenvalue weighted by molar-refractivity contribution is -0.118. The van der Waals surface area contributed by atoms with Gasteiger partial charge in [0.1, 0.15) is 11.5 Å². The van der Waals surface area contributed by atoms with Crippen molar-refractivity contribution in [1.29, 1.82) is 0 Å². The average molecular weight is 477 g/mol. The van der Waals surface area contributed by atoms with Crippen LogP contribution in [0, 0.1) is 13.8 Å². The minimum absolute atomic E-state index is 0.0183. The third-order valence-electron chi connectivity index (χ3n) is 6.74. The fourth-order valence-electron chi connectivity index (χ4n) is 4.78. The zero-order valence-corrected chi connectivity index (χ0v) is 22.3. The van der Waals surface area contributed by atoms with Crippen LogP contribution in [-0.2, 0) is 4.79 Å². The number of rotatable bonds is 9. The van der Waals surface area contributed by atoms with E-state index in [1.807, 2.05) is 26.8 Å². The van der Waals surface area contributed by atoms with E-state index < -0.39 is 0 Å². The Labute approximate surface area is 210 Å². The predicted molar refractivity (Wildman–Crippen MR) is 146 cm³/mol. The highest BCUT2D eigenvalue weighted by Gasteiger charge is 2.23. The molecule has 5 nitrogen and oxygen atoms in total. The summed E-state index contributed by atoms with van der Waals surface area (Å²) < 4.78 is 11.8. The number of hydrogen-bond acceptors (Lipinski definition) is 4. The number of allylic oxidation sites excluding steroid dienone is 1. The lowest BCUT2D eigenvalue weighted by Crippen LogP contribution is -2.33. The zero-order chi connectivity index (χ0) is 25.5. The fraction of sp³-hybridized carbons (Fsp3) is 0.433. The molecule has 5 heteroatoms. The van der Waals surface area contributed by atoms with Gasteiger partial charge in [-0.3, -0.25) is 4.79 Å². The summed E-state index contributed by atoms with van der Waals surface area (Å²) >= 11 is 0. The van der Waals surface area contributed by atoms with E-state index in [1.165, 1.54) is 18.4 Å². The highest BCUT2D eigenvalue weighted by Crippen LogP contribution is 2.44. The Hall–Kier alpha value is -3.21. The van der Waals surface area contributed by atoms with Crippen LogP contribution in [0.2, 0.25) is 0 Å². The van der Waals surface area contributed by atoms with Gasteiger partial charge in [-0.1, -0.05) is 36.6 Å². The molecule has 188 valence electrons. The lowest BCUT2D eigenvalue weighted by Gasteiger charge is -2.22. The molecule has 0 heterocycles. The molecule has 1 fully saturated rings. The summed E-state index contributed by atoms with van der Waals surface area (Å²) in [6, 6.07) is 8.65. The van der Waals surface area contributed by atoms with Crippen molar-refractivity contribution in [1.82, 2.24) is 5.32 Å². The minimum Gasteiger partial charge on any atom is -0.496 e. The van der Waals surface area contributed by atoms with E-state index in [-0.39, 0.29) is 11.9 Å². The summed E-state index contributed by atoms with van der Waals surface area (Å²) in [6.45, 7) is 10.9. The first kappa shape index (κ1) is 26.4. The first-order valence-electron chi connectivity index (χ1n) is 12.5. The van der Waals surface area contributed by atoms with Gasteiger partial charge in [0.25, 0.3) is 0 Å². The molecule has 0 saturated heterocycles. The van der Waals surface area contributed by atoms with Crippen molar-refractivity contribution < 1.29 is 14.3 Å². The molecule has 0 aliphatic heterocycles. The van der Waals surface area contributed by atoms with E-state index in [4.69, 9.17) is 9.47 Å². The van der Waals surface area contributed by atoms with E-state index >= 15 is 0 Å². The number of ether oxygens (including phenoxy) is 2. The van der Waals surface area contributed by atoms with Gasteiger partial charge in [-0.25, -0.2) is 0 Å². The molecule has 1 aliphatic carbocycles. The normalized spacial score (nSPS) is 14.0. The van der Waals surface area contributed by atoms with Crippen molar-refractivity contribution in [3.8, 4) is 22.6 Å². The van der Waals surface area contributed by atoms with Crippen molar-refractivity contribution in [2.75, 3.05) is 26.1 Å². The third-order valence-corrected chi connectivity index (χ3v) is 6.74. The quantitative estimate of drug-likeness (QED) is 0.308. The number of hydrogen-bond donors (Lipinski definition) is 2. The molecule has 2 aromatic carbocycles. The molecule has 0 unspecified atom stereocenters. The Bertz CT molecular complexity index is 1100. The van der Waals surface area contributed by atoms with Crippen molar-refractivity contribution >= 4 is 17.7 Å².